The van der Waals surface area contributed by atoms with Crippen molar-refractivity contribution in [3.8, 4) is 15.9 Å². The second-order valence-corrected chi connectivity index (χ2v) is 7.57. The first-order valence-corrected chi connectivity index (χ1v) is 8.88. The van der Waals surface area contributed by atoms with E-state index >= 15 is 0 Å². The predicted octanol–water partition coefficient (Wildman–Crippen LogP) is 4.28. The standard InChI is InChI=1S/C22H21N2O.Ni/c1-16-5-7-17(8-6-16)18-9-11-19(12-10-18)22(25,21(2,3)4)20-13-23-15-24-14-20;/h5-15,25H,2-4H3;. The van der Waals surface area contributed by atoms with E-state index in [-0.39, 0.29) is 0 Å². The maximum atomic E-state index is 11.6. The fraction of sp³-hybridized carbons (Fsp3) is 0.227. The quantitative estimate of drug-likeness (QED) is 0.682. The van der Waals surface area contributed by atoms with Crippen LogP contribution in [0.5, 0.6) is 0 Å². The van der Waals surface area contributed by atoms with Crippen LogP contribution >= 0.6 is 0 Å². The second kappa shape index (κ2) is 7.17. The molecule has 0 saturated carbocycles. The summed E-state index contributed by atoms with van der Waals surface area (Å²) in [5.74, 6) is 0. The molecule has 0 spiro atoms. The molecule has 2 aromatic carbocycles. The van der Waals surface area contributed by atoms with Crippen molar-refractivity contribution in [1.82, 2.24) is 9.97 Å². The van der Waals surface area contributed by atoms with E-state index in [9.17, 15) is 5.11 Å². The zero-order valence-electron chi connectivity index (χ0n) is 15.0. The summed E-state index contributed by atoms with van der Waals surface area (Å²) in [6.45, 7) is 6.03. The minimum absolute atomic E-state index is 0.433. The summed E-state index contributed by atoms with van der Waals surface area (Å²) in [7, 11) is 0. The Balaban J connectivity index is 2.03. The van der Waals surface area contributed by atoms with E-state index in [4.69, 9.17) is 0 Å². The van der Waals surface area contributed by atoms with Gasteiger partial charge in [0.2, 0.25) is 0 Å². The van der Waals surface area contributed by atoms with Crippen molar-refractivity contribution in [2.24, 2.45) is 5.41 Å². The van der Waals surface area contributed by atoms with Crippen LogP contribution in [0.25, 0.3) is 11.1 Å². The van der Waals surface area contributed by atoms with Crippen molar-refractivity contribution < 1.29 is 19.9 Å². The van der Waals surface area contributed by atoms with Crippen LogP contribution in [0.15, 0.2) is 67.3 Å². The van der Waals surface area contributed by atoms with E-state index < -0.39 is 11.0 Å². The fourth-order valence-electron chi connectivity index (χ4n) is 3.14. The molecule has 0 radical (unpaired) electrons. The fourth-order valence-corrected chi connectivity index (χ4v) is 3.30. The molecule has 0 saturated heterocycles. The molecule has 1 aromatic heterocycles. The van der Waals surface area contributed by atoms with Gasteiger partial charge in [0.15, 0.2) is 0 Å². The summed E-state index contributed by atoms with van der Waals surface area (Å²) in [6, 6.07) is 15.9. The first-order valence-electron chi connectivity index (χ1n) is 8.38. The number of aliphatic hydroxyl groups is 1. The van der Waals surface area contributed by atoms with E-state index in [1.54, 1.807) is 12.4 Å². The van der Waals surface area contributed by atoms with E-state index in [1.807, 2.05) is 69.3 Å². The van der Waals surface area contributed by atoms with E-state index in [1.165, 1.54) is 6.33 Å². The Bertz CT molecular complexity index is 923. The maximum absolute atomic E-state index is 11.6. The average Bonchev–Trinajstić information content (AvgIpc) is 2.67. The van der Waals surface area contributed by atoms with E-state index in [0.717, 1.165) is 22.3 Å². The van der Waals surface area contributed by atoms with Crippen molar-refractivity contribution in [2.75, 3.05) is 0 Å². The van der Waals surface area contributed by atoms with E-state index in [2.05, 4.69) is 29.6 Å². The Hall–Kier alpha value is -2.25. The SMILES string of the molecule is CC(C)(C)C(O)(c1ccc(-c2ccc([C]#[Ni])cc2)cc1)c1cncnc1. The van der Waals surface area contributed by atoms with Crippen LogP contribution in [0.4, 0.5) is 0 Å². The summed E-state index contributed by atoms with van der Waals surface area (Å²) in [5.41, 5.74) is 2.96. The van der Waals surface area contributed by atoms with Crippen LogP contribution in [-0.2, 0) is 20.4 Å². The van der Waals surface area contributed by atoms with Crippen LogP contribution in [-0.4, -0.2) is 15.1 Å². The molecule has 1 unspecified atom stereocenters. The molecule has 0 aliphatic rings. The Labute approximate surface area is 161 Å². The van der Waals surface area contributed by atoms with Crippen molar-refractivity contribution in [1.29, 1.82) is 0 Å². The van der Waals surface area contributed by atoms with Crippen molar-refractivity contribution in [3.63, 3.8) is 0 Å². The van der Waals surface area contributed by atoms with Crippen LogP contribution in [0, 0.1) is 10.2 Å². The Morgan fingerprint density at radius 2 is 1.31 bits per heavy atom. The van der Waals surface area contributed by atoms with Crippen LogP contribution in [0.2, 0.25) is 0 Å². The number of hydrogen-bond donors (Lipinski definition) is 1. The molecule has 0 aliphatic carbocycles. The minimum Gasteiger partial charge on any atom is -0.244 e. The van der Waals surface area contributed by atoms with Gasteiger partial charge < -0.3 is 0 Å². The Kier molecular flexibility index (Phi) is 5.11. The third-order valence-corrected chi connectivity index (χ3v) is 4.96. The zero-order valence-corrected chi connectivity index (χ0v) is 16.0. The summed E-state index contributed by atoms with van der Waals surface area (Å²) in [4.78, 5) is 10.9. The first kappa shape index (κ1) is 18.5. The number of benzene rings is 2. The molecule has 1 N–H and O–H groups in total. The van der Waals surface area contributed by atoms with Crippen LogP contribution in [0.1, 0.15) is 37.5 Å². The number of hydrogen-bond acceptors (Lipinski definition) is 3. The Morgan fingerprint density at radius 1 is 0.808 bits per heavy atom. The van der Waals surface area contributed by atoms with Crippen LogP contribution in [0.3, 0.4) is 0 Å². The third-order valence-electron chi connectivity index (χ3n) is 4.68. The summed E-state index contributed by atoms with van der Waals surface area (Å²) < 4.78 is 0. The second-order valence-electron chi connectivity index (χ2n) is 7.32. The summed E-state index contributed by atoms with van der Waals surface area (Å²) in [5, 5.41) is 11.6. The molecule has 0 aliphatic heterocycles. The van der Waals surface area contributed by atoms with Gasteiger partial charge in [-0.15, -0.1) is 0 Å². The average molecular weight is 388 g/mol. The van der Waals surface area contributed by atoms with Crippen molar-refractivity contribution in [3.05, 3.63) is 83.9 Å². The molecule has 135 valence electrons. The molecular formula is C22H21N2NiO. The first-order chi connectivity index (χ1) is 12.4. The van der Waals surface area contributed by atoms with Gasteiger partial charge in [0, 0.05) is 0 Å². The minimum atomic E-state index is -1.19. The molecule has 1 atom stereocenters. The molecule has 3 rings (SSSR count). The molecule has 26 heavy (non-hydrogen) atoms. The topological polar surface area (TPSA) is 46.0 Å². The number of nitrogens with zero attached hydrogens (tertiary/aromatic N) is 2. The molecule has 0 bridgehead atoms. The van der Waals surface area contributed by atoms with Gasteiger partial charge in [-0.3, -0.25) is 0 Å². The Morgan fingerprint density at radius 3 is 1.77 bits per heavy atom. The smallest absolute Gasteiger partial charge is 0.244 e. The predicted molar refractivity (Wildman–Crippen MR) is 99.4 cm³/mol. The zero-order chi connectivity index (χ0) is 18.8. The molecule has 4 heteroatoms. The summed E-state index contributed by atoms with van der Waals surface area (Å²) >= 11 is 4.54. The molecule has 0 fully saturated rings. The summed E-state index contributed by atoms with van der Waals surface area (Å²) in [6.07, 6.45) is 4.82. The molecule has 1 heterocycles. The van der Waals surface area contributed by atoms with Gasteiger partial charge >= 0.3 is 145 Å². The van der Waals surface area contributed by atoms with Gasteiger partial charge in [0.25, 0.3) is 0 Å². The van der Waals surface area contributed by atoms with Gasteiger partial charge in [0.1, 0.15) is 6.33 Å². The third kappa shape index (κ3) is 3.37. The van der Waals surface area contributed by atoms with Crippen LogP contribution < -0.4 is 0 Å². The van der Waals surface area contributed by atoms with Gasteiger partial charge in [-0.2, -0.15) is 0 Å². The van der Waals surface area contributed by atoms with Gasteiger partial charge in [-0.1, -0.05) is 0 Å². The molecule has 3 nitrogen and oxygen atoms in total. The monoisotopic (exact) mass is 387 g/mol. The number of aromatic nitrogens is 2. The molecule has 0 amide bonds. The van der Waals surface area contributed by atoms with Gasteiger partial charge in [-0.05, 0) is 0 Å². The van der Waals surface area contributed by atoms with Gasteiger partial charge in [-0.25, -0.2) is 9.97 Å². The van der Waals surface area contributed by atoms with E-state index in [0.29, 0.717) is 5.56 Å². The molecule has 3 aromatic rings. The normalized spacial score (nSPS) is 13.7. The number of rotatable bonds is 3. The van der Waals surface area contributed by atoms with Gasteiger partial charge in [0.05, 0.1) is 0 Å². The van der Waals surface area contributed by atoms with Crippen molar-refractivity contribution in [2.45, 2.75) is 26.4 Å². The van der Waals surface area contributed by atoms with Crippen molar-refractivity contribution >= 4 is 0 Å². The molecular weight excluding hydrogens is 367 g/mol.